The molecular formula is C15H21Cl2N5O2. The normalized spacial score (nSPS) is 15.7. The number of carbonyl (C=O) groups excluding carboxylic acids is 1. The van der Waals surface area contributed by atoms with E-state index < -0.39 is 5.41 Å². The molecule has 3 N–H and O–H groups in total. The van der Waals surface area contributed by atoms with Crippen LogP contribution in [0.1, 0.15) is 12.8 Å². The Balaban J connectivity index is 0.00000144. The molecule has 0 saturated carbocycles. The van der Waals surface area contributed by atoms with Crippen LogP contribution in [0.25, 0.3) is 5.69 Å². The molecule has 2 aromatic rings. The monoisotopic (exact) mass is 373 g/mol. The number of pyridine rings is 1. The molecule has 9 heteroatoms. The van der Waals surface area contributed by atoms with Gasteiger partial charge in [-0.25, -0.2) is 4.68 Å². The lowest BCUT2D eigenvalue weighted by molar-refractivity contribution is -0.130. The van der Waals surface area contributed by atoms with Crippen LogP contribution < -0.4 is 11.1 Å². The fourth-order valence-corrected chi connectivity index (χ4v) is 2.57. The van der Waals surface area contributed by atoms with Gasteiger partial charge in [-0.3, -0.25) is 9.78 Å². The highest BCUT2D eigenvalue weighted by Gasteiger charge is 2.39. The van der Waals surface area contributed by atoms with Gasteiger partial charge in [0.2, 0.25) is 5.91 Å². The van der Waals surface area contributed by atoms with Gasteiger partial charge in [0, 0.05) is 44.4 Å². The average Bonchev–Trinajstić information content (AvgIpc) is 3.05. The quantitative estimate of drug-likeness (QED) is 0.851. The van der Waals surface area contributed by atoms with Crippen molar-refractivity contribution in [2.75, 3.05) is 25.1 Å². The molecule has 24 heavy (non-hydrogen) atoms. The molecule has 0 bridgehead atoms. The number of ether oxygens (including phenoxy) is 1. The third-order valence-electron chi connectivity index (χ3n) is 4.08. The Kier molecular flexibility index (Phi) is 7.62. The molecule has 3 rings (SSSR count). The van der Waals surface area contributed by atoms with Gasteiger partial charge in [0.1, 0.15) is 0 Å². The van der Waals surface area contributed by atoms with E-state index >= 15 is 0 Å². The Morgan fingerprint density at radius 3 is 2.54 bits per heavy atom. The van der Waals surface area contributed by atoms with Gasteiger partial charge in [-0.1, -0.05) is 0 Å². The first-order valence-electron chi connectivity index (χ1n) is 7.29. The summed E-state index contributed by atoms with van der Waals surface area (Å²) >= 11 is 0. The fraction of sp³-hybridized carbons (Fsp3) is 0.400. The van der Waals surface area contributed by atoms with Gasteiger partial charge in [-0.15, -0.1) is 24.8 Å². The van der Waals surface area contributed by atoms with Crippen LogP contribution in [0.3, 0.4) is 0 Å². The summed E-state index contributed by atoms with van der Waals surface area (Å²) in [6.07, 6.45) is 6.46. The lowest BCUT2D eigenvalue weighted by Gasteiger charge is -2.34. The summed E-state index contributed by atoms with van der Waals surface area (Å²) in [7, 11) is 0. The van der Waals surface area contributed by atoms with E-state index in [0.717, 1.165) is 5.69 Å². The predicted molar refractivity (Wildman–Crippen MR) is 96.0 cm³/mol. The first-order valence-corrected chi connectivity index (χ1v) is 7.29. The van der Waals surface area contributed by atoms with Crippen molar-refractivity contribution in [2.24, 2.45) is 11.1 Å². The van der Waals surface area contributed by atoms with Crippen LogP contribution in [0, 0.1) is 5.41 Å². The number of hydrogen-bond donors (Lipinski definition) is 2. The molecule has 0 spiro atoms. The highest BCUT2D eigenvalue weighted by molar-refractivity contribution is 5.94. The van der Waals surface area contributed by atoms with E-state index in [-0.39, 0.29) is 30.7 Å². The maximum atomic E-state index is 12.6. The van der Waals surface area contributed by atoms with E-state index in [2.05, 4.69) is 15.4 Å². The van der Waals surface area contributed by atoms with Crippen molar-refractivity contribution in [3.63, 3.8) is 0 Å². The zero-order chi connectivity index (χ0) is 15.4. The van der Waals surface area contributed by atoms with Gasteiger partial charge in [0.05, 0.1) is 11.1 Å². The molecule has 0 unspecified atom stereocenters. The molecule has 1 aliphatic rings. The number of halogens is 2. The number of nitrogens with zero attached hydrogens (tertiary/aromatic N) is 3. The van der Waals surface area contributed by atoms with Crippen molar-refractivity contribution >= 4 is 36.5 Å². The molecule has 0 atom stereocenters. The van der Waals surface area contributed by atoms with Crippen molar-refractivity contribution < 1.29 is 9.53 Å². The summed E-state index contributed by atoms with van der Waals surface area (Å²) in [5, 5.41) is 7.24. The molecule has 7 nitrogen and oxygen atoms in total. The highest BCUT2D eigenvalue weighted by atomic mass is 35.5. The predicted octanol–water partition coefficient (Wildman–Crippen LogP) is 1.80. The smallest absolute Gasteiger partial charge is 0.233 e. The highest BCUT2D eigenvalue weighted by Crippen LogP contribution is 2.30. The average molecular weight is 374 g/mol. The summed E-state index contributed by atoms with van der Waals surface area (Å²) in [4.78, 5) is 16.5. The van der Waals surface area contributed by atoms with E-state index in [1.165, 1.54) is 0 Å². The minimum Gasteiger partial charge on any atom is -0.381 e. The van der Waals surface area contributed by atoms with Gasteiger partial charge < -0.3 is 15.8 Å². The zero-order valence-electron chi connectivity index (χ0n) is 13.1. The third kappa shape index (κ3) is 4.24. The largest absolute Gasteiger partial charge is 0.381 e. The van der Waals surface area contributed by atoms with Gasteiger partial charge in [-0.2, -0.15) is 5.10 Å². The Labute approximate surface area is 152 Å². The van der Waals surface area contributed by atoms with Crippen LogP contribution in [0.4, 0.5) is 5.82 Å². The molecule has 1 fully saturated rings. The molecule has 0 radical (unpaired) electrons. The van der Waals surface area contributed by atoms with E-state index in [1.54, 1.807) is 29.3 Å². The second-order valence-electron chi connectivity index (χ2n) is 5.40. The molecule has 3 heterocycles. The standard InChI is InChI=1S/C15H19N5O2.2ClH/c16-11-15(4-9-22-10-5-15)14(21)18-13-3-8-20(19-13)12-1-6-17-7-2-12;;/h1-3,6-8H,4-5,9-11,16H2,(H,18,19,21);2*1H. The molecule has 1 saturated heterocycles. The Bertz CT molecular complexity index is 644. The summed E-state index contributed by atoms with van der Waals surface area (Å²) in [6.45, 7) is 1.44. The maximum Gasteiger partial charge on any atom is 0.233 e. The number of rotatable bonds is 4. The molecular weight excluding hydrogens is 353 g/mol. The van der Waals surface area contributed by atoms with Crippen molar-refractivity contribution in [3.05, 3.63) is 36.8 Å². The third-order valence-corrected chi connectivity index (χ3v) is 4.08. The fourth-order valence-electron chi connectivity index (χ4n) is 2.57. The lowest BCUT2D eigenvalue weighted by Crippen LogP contribution is -2.46. The second kappa shape index (κ2) is 8.98. The SMILES string of the molecule is Cl.Cl.NCC1(C(=O)Nc2ccn(-c3ccncc3)n2)CCOCC1. The molecule has 1 aliphatic heterocycles. The van der Waals surface area contributed by atoms with Crippen molar-refractivity contribution in [2.45, 2.75) is 12.8 Å². The van der Waals surface area contributed by atoms with Gasteiger partial charge in [0.25, 0.3) is 0 Å². The van der Waals surface area contributed by atoms with Gasteiger partial charge in [0.15, 0.2) is 5.82 Å². The Morgan fingerprint density at radius 2 is 1.92 bits per heavy atom. The lowest BCUT2D eigenvalue weighted by atomic mass is 9.79. The Hall–Kier alpha value is -1.67. The molecule has 2 aromatic heterocycles. The minimum absolute atomic E-state index is 0. The Morgan fingerprint density at radius 1 is 1.25 bits per heavy atom. The summed E-state index contributed by atoms with van der Waals surface area (Å²) in [5.41, 5.74) is 6.17. The van der Waals surface area contributed by atoms with E-state index in [9.17, 15) is 4.79 Å². The number of nitrogens with one attached hydrogen (secondary N) is 1. The summed E-state index contributed by atoms with van der Waals surface area (Å²) < 4.78 is 7.02. The first kappa shape index (κ1) is 20.4. The van der Waals surface area contributed by atoms with E-state index in [0.29, 0.717) is 38.4 Å². The minimum atomic E-state index is -0.557. The maximum absolute atomic E-state index is 12.6. The van der Waals surface area contributed by atoms with Crippen LogP contribution in [-0.2, 0) is 9.53 Å². The molecule has 0 aliphatic carbocycles. The first-order chi connectivity index (χ1) is 10.7. The molecule has 1 amide bonds. The van der Waals surface area contributed by atoms with Crippen LogP contribution in [0.15, 0.2) is 36.8 Å². The molecule has 132 valence electrons. The van der Waals surface area contributed by atoms with Gasteiger partial charge in [-0.05, 0) is 25.0 Å². The molecule has 0 aromatic carbocycles. The summed E-state index contributed by atoms with van der Waals surface area (Å²) in [5.74, 6) is 0.430. The van der Waals surface area contributed by atoms with Crippen LogP contribution in [0.5, 0.6) is 0 Å². The van der Waals surface area contributed by atoms with E-state index in [4.69, 9.17) is 10.5 Å². The summed E-state index contributed by atoms with van der Waals surface area (Å²) in [6, 6.07) is 5.46. The van der Waals surface area contributed by atoms with Crippen molar-refractivity contribution in [3.8, 4) is 5.69 Å². The van der Waals surface area contributed by atoms with Crippen LogP contribution >= 0.6 is 24.8 Å². The van der Waals surface area contributed by atoms with Crippen molar-refractivity contribution in [1.29, 1.82) is 0 Å². The van der Waals surface area contributed by atoms with Crippen LogP contribution in [-0.4, -0.2) is 40.4 Å². The number of anilines is 1. The number of hydrogen-bond acceptors (Lipinski definition) is 5. The van der Waals surface area contributed by atoms with Crippen molar-refractivity contribution in [1.82, 2.24) is 14.8 Å². The number of aromatic nitrogens is 3. The van der Waals surface area contributed by atoms with E-state index in [1.807, 2.05) is 12.1 Å². The van der Waals surface area contributed by atoms with Gasteiger partial charge >= 0.3 is 0 Å². The number of amides is 1. The number of nitrogens with two attached hydrogens (primary N) is 1. The number of carbonyl (C=O) groups is 1. The topological polar surface area (TPSA) is 95.1 Å². The zero-order valence-corrected chi connectivity index (χ0v) is 14.7. The van der Waals surface area contributed by atoms with Crippen LogP contribution in [0.2, 0.25) is 0 Å². The second-order valence-corrected chi connectivity index (χ2v) is 5.40.